The van der Waals surface area contributed by atoms with Crippen molar-refractivity contribution in [1.82, 2.24) is 4.90 Å². The van der Waals surface area contributed by atoms with E-state index >= 15 is 0 Å². The fourth-order valence-corrected chi connectivity index (χ4v) is 2.96. The molecule has 0 N–H and O–H groups in total. The van der Waals surface area contributed by atoms with Crippen LogP contribution in [0.4, 0.5) is 4.79 Å². The lowest BCUT2D eigenvalue weighted by molar-refractivity contribution is 0.0255. The number of ether oxygens (including phenoxy) is 1. The molecule has 1 aliphatic heterocycles. The van der Waals surface area contributed by atoms with Gasteiger partial charge in [0.1, 0.15) is 5.60 Å². The van der Waals surface area contributed by atoms with Crippen LogP contribution in [0.1, 0.15) is 65.7 Å². The third kappa shape index (κ3) is 4.26. The van der Waals surface area contributed by atoms with Gasteiger partial charge in [0.05, 0.1) is 6.04 Å². The smallest absolute Gasteiger partial charge is 0.410 e. The van der Waals surface area contributed by atoms with Gasteiger partial charge in [0, 0.05) is 6.54 Å². The van der Waals surface area contributed by atoms with E-state index in [2.05, 4.69) is 6.08 Å². The molecule has 1 saturated heterocycles. The molecule has 3 nitrogen and oxygen atoms in total. The van der Waals surface area contributed by atoms with E-state index < -0.39 is 5.60 Å². The Kier molecular flexibility index (Phi) is 4.54. The summed E-state index contributed by atoms with van der Waals surface area (Å²) in [7, 11) is 0. The maximum atomic E-state index is 12.2. The molecule has 2 aliphatic rings. The highest BCUT2D eigenvalue weighted by atomic mass is 16.6. The van der Waals surface area contributed by atoms with Crippen LogP contribution in [-0.4, -0.2) is 29.2 Å². The average Bonchev–Trinajstić information content (AvgIpc) is 2.76. The van der Waals surface area contributed by atoms with Gasteiger partial charge in [-0.15, -0.1) is 0 Å². The van der Waals surface area contributed by atoms with Gasteiger partial charge in [-0.3, -0.25) is 0 Å². The van der Waals surface area contributed by atoms with Crippen molar-refractivity contribution in [1.29, 1.82) is 0 Å². The first-order chi connectivity index (χ1) is 8.96. The lowest BCUT2D eigenvalue weighted by Gasteiger charge is -2.28. The molecule has 1 amide bonds. The second kappa shape index (κ2) is 5.98. The van der Waals surface area contributed by atoms with Crippen molar-refractivity contribution in [3.8, 4) is 0 Å². The van der Waals surface area contributed by atoms with Crippen LogP contribution in [0.25, 0.3) is 0 Å². The summed E-state index contributed by atoms with van der Waals surface area (Å²) in [5, 5.41) is 0. The Morgan fingerprint density at radius 1 is 1.21 bits per heavy atom. The predicted molar refractivity (Wildman–Crippen MR) is 77.1 cm³/mol. The van der Waals surface area contributed by atoms with Crippen molar-refractivity contribution in [3.63, 3.8) is 0 Å². The summed E-state index contributed by atoms with van der Waals surface area (Å²) < 4.78 is 5.50. The maximum Gasteiger partial charge on any atom is 0.410 e. The number of carbonyl (C=O) groups excluding carboxylic acids is 1. The molecular weight excluding hydrogens is 238 g/mol. The van der Waals surface area contributed by atoms with Gasteiger partial charge in [0.2, 0.25) is 0 Å². The van der Waals surface area contributed by atoms with Gasteiger partial charge in [-0.05, 0) is 59.3 Å². The highest BCUT2D eigenvalue weighted by Crippen LogP contribution is 2.28. The van der Waals surface area contributed by atoms with Crippen LogP contribution < -0.4 is 0 Å². The number of hydrogen-bond acceptors (Lipinski definition) is 2. The van der Waals surface area contributed by atoms with Crippen LogP contribution in [0.2, 0.25) is 0 Å². The summed E-state index contributed by atoms with van der Waals surface area (Å²) >= 11 is 0. The number of rotatable bonds is 1. The van der Waals surface area contributed by atoms with Gasteiger partial charge in [-0.1, -0.05) is 18.1 Å². The first kappa shape index (κ1) is 14.4. The van der Waals surface area contributed by atoms with E-state index in [1.807, 2.05) is 25.7 Å². The first-order valence-electron chi connectivity index (χ1n) is 7.65. The minimum absolute atomic E-state index is 0.150. The normalized spacial score (nSPS) is 24.5. The fourth-order valence-electron chi connectivity index (χ4n) is 2.96. The molecule has 1 atom stereocenters. The summed E-state index contributed by atoms with van der Waals surface area (Å²) in [4.78, 5) is 14.1. The topological polar surface area (TPSA) is 29.5 Å². The standard InChI is InChI=1S/C16H27NO2/c1-16(2,3)19-15(18)17-11-7-10-14(17)12-13-8-5-4-6-9-13/h12,14H,4-11H2,1-3H3. The Hall–Kier alpha value is -0.990. The second-order valence-electron chi connectivity index (χ2n) is 6.77. The van der Waals surface area contributed by atoms with Crippen molar-refractivity contribution in [2.45, 2.75) is 77.4 Å². The summed E-state index contributed by atoms with van der Waals surface area (Å²) in [6.45, 7) is 6.62. The van der Waals surface area contributed by atoms with Crippen molar-refractivity contribution < 1.29 is 9.53 Å². The largest absolute Gasteiger partial charge is 0.444 e. The van der Waals surface area contributed by atoms with Crippen molar-refractivity contribution in [2.75, 3.05) is 6.54 Å². The van der Waals surface area contributed by atoms with Crippen LogP contribution in [0.3, 0.4) is 0 Å². The van der Waals surface area contributed by atoms with E-state index in [4.69, 9.17) is 4.74 Å². The Labute approximate surface area is 117 Å². The molecule has 0 aromatic carbocycles. The molecule has 19 heavy (non-hydrogen) atoms. The van der Waals surface area contributed by atoms with E-state index in [0.717, 1.165) is 19.4 Å². The van der Waals surface area contributed by atoms with Gasteiger partial charge in [0.15, 0.2) is 0 Å². The van der Waals surface area contributed by atoms with Crippen LogP contribution in [-0.2, 0) is 4.74 Å². The maximum absolute atomic E-state index is 12.2. The van der Waals surface area contributed by atoms with Crippen LogP contribution in [0.15, 0.2) is 11.6 Å². The lowest BCUT2D eigenvalue weighted by Crippen LogP contribution is -2.39. The van der Waals surface area contributed by atoms with Crippen LogP contribution in [0, 0.1) is 0 Å². The van der Waals surface area contributed by atoms with Gasteiger partial charge in [0.25, 0.3) is 0 Å². The predicted octanol–water partition coefficient (Wildman–Crippen LogP) is 4.28. The van der Waals surface area contributed by atoms with Crippen molar-refractivity contribution >= 4 is 6.09 Å². The van der Waals surface area contributed by atoms with E-state index in [1.54, 1.807) is 5.57 Å². The monoisotopic (exact) mass is 265 g/mol. The molecule has 1 saturated carbocycles. The molecular formula is C16H27NO2. The number of likely N-dealkylation sites (tertiary alicyclic amines) is 1. The van der Waals surface area contributed by atoms with Crippen molar-refractivity contribution in [2.24, 2.45) is 0 Å². The molecule has 1 heterocycles. The summed E-state index contributed by atoms with van der Waals surface area (Å²) in [5.74, 6) is 0. The molecule has 1 aliphatic carbocycles. The second-order valence-corrected chi connectivity index (χ2v) is 6.77. The quantitative estimate of drug-likeness (QED) is 0.662. The Morgan fingerprint density at radius 3 is 2.53 bits per heavy atom. The molecule has 3 heteroatoms. The molecule has 0 spiro atoms. The Bertz CT molecular complexity index is 346. The zero-order chi connectivity index (χ0) is 13.9. The van der Waals surface area contributed by atoms with Gasteiger partial charge >= 0.3 is 6.09 Å². The Morgan fingerprint density at radius 2 is 1.89 bits per heavy atom. The van der Waals surface area contributed by atoms with E-state index in [9.17, 15) is 4.79 Å². The zero-order valence-electron chi connectivity index (χ0n) is 12.6. The highest BCUT2D eigenvalue weighted by Gasteiger charge is 2.31. The van der Waals surface area contributed by atoms with Crippen LogP contribution >= 0.6 is 0 Å². The van der Waals surface area contributed by atoms with Gasteiger partial charge < -0.3 is 9.64 Å². The molecule has 2 rings (SSSR count). The first-order valence-corrected chi connectivity index (χ1v) is 7.65. The third-order valence-electron chi connectivity index (χ3n) is 3.85. The summed E-state index contributed by atoms with van der Waals surface area (Å²) in [6.07, 6.45) is 10.8. The number of amides is 1. The van der Waals surface area contributed by atoms with Gasteiger partial charge in [-0.2, -0.15) is 0 Å². The molecule has 1 unspecified atom stereocenters. The molecule has 0 radical (unpaired) electrons. The van der Waals surface area contributed by atoms with E-state index in [-0.39, 0.29) is 12.1 Å². The number of allylic oxidation sites excluding steroid dienone is 1. The molecule has 0 bridgehead atoms. The molecule has 0 aromatic heterocycles. The van der Waals surface area contributed by atoms with Crippen molar-refractivity contribution in [3.05, 3.63) is 11.6 Å². The molecule has 108 valence electrons. The zero-order valence-corrected chi connectivity index (χ0v) is 12.6. The average molecular weight is 265 g/mol. The lowest BCUT2D eigenvalue weighted by atomic mass is 9.93. The minimum atomic E-state index is -0.401. The summed E-state index contributed by atoms with van der Waals surface area (Å²) in [6, 6.07) is 0.267. The van der Waals surface area contributed by atoms with Crippen LogP contribution in [0.5, 0.6) is 0 Å². The molecule has 0 aromatic rings. The fraction of sp³-hybridized carbons (Fsp3) is 0.812. The highest BCUT2D eigenvalue weighted by molar-refractivity contribution is 5.69. The van der Waals surface area contributed by atoms with E-state index in [1.165, 1.54) is 32.1 Å². The third-order valence-corrected chi connectivity index (χ3v) is 3.85. The molecule has 2 fully saturated rings. The van der Waals surface area contributed by atoms with E-state index in [0.29, 0.717) is 0 Å². The number of nitrogens with zero attached hydrogens (tertiary/aromatic N) is 1. The SMILES string of the molecule is CC(C)(C)OC(=O)N1CCCC1C=C1CCCCC1. The summed E-state index contributed by atoms with van der Waals surface area (Å²) in [5.41, 5.74) is 1.15. The number of hydrogen-bond donors (Lipinski definition) is 0. The van der Waals surface area contributed by atoms with Gasteiger partial charge in [-0.25, -0.2) is 4.79 Å². The number of carbonyl (C=O) groups is 1. The minimum Gasteiger partial charge on any atom is -0.444 e. The Balaban J connectivity index is 1.98.